The van der Waals surface area contributed by atoms with Crippen LogP contribution in [0, 0.1) is 11.8 Å². The Hall–Kier alpha value is -3.46. The third-order valence-electron chi connectivity index (χ3n) is 10.2. The Kier molecular flexibility index (Phi) is 9.21. The molecule has 2 aromatic carbocycles. The third kappa shape index (κ3) is 6.21. The van der Waals surface area contributed by atoms with E-state index in [9.17, 15) is 20.4 Å². The SMILES string of the molecule is CNCCC1CC=CC(c2cc(C3CCC4C(O)CC(c5cc(O)c(O)c(OC)c5Cc5cc[nH]c5)OC4C3)ccc2O)C1. The standard InChI is InChI=1S/C36H46N2O6/c1-37-12-10-21-4-3-5-25(14-21)27-16-23(7-9-30(27)39)24-6-8-26-31(40)19-34(44-33(26)17-24)28-18-32(41)35(42)36(43-2)29(28)15-22-11-13-38-20-22/h3,5,7,9,11,13,16,18,20-21,24-26,31,33-34,37-42H,4,6,8,10,12,14-15,17,19H2,1-2H3. The van der Waals surface area contributed by atoms with Crippen LogP contribution in [0.15, 0.2) is 54.9 Å². The normalized spacial score (nSPS) is 28.5. The maximum Gasteiger partial charge on any atom is 0.200 e. The minimum Gasteiger partial charge on any atom is -0.508 e. The molecule has 1 aromatic heterocycles. The summed E-state index contributed by atoms with van der Waals surface area (Å²) < 4.78 is 12.4. The van der Waals surface area contributed by atoms with Crippen LogP contribution in [0.25, 0.3) is 0 Å². The molecule has 8 nitrogen and oxygen atoms in total. The second-order valence-corrected chi connectivity index (χ2v) is 13.0. The number of phenolic OH excluding ortho intramolecular Hbond substituents is 3. The zero-order valence-corrected chi connectivity index (χ0v) is 25.7. The fraction of sp³-hybridized carbons (Fsp3) is 0.500. The lowest BCUT2D eigenvalue weighted by molar-refractivity contribution is -0.154. The molecule has 7 atom stereocenters. The van der Waals surface area contributed by atoms with Gasteiger partial charge in [0.15, 0.2) is 11.5 Å². The second-order valence-electron chi connectivity index (χ2n) is 13.0. The van der Waals surface area contributed by atoms with E-state index in [0.29, 0.717) is 24.5 Å². The summed E-state index contributed by atoms with van der Waals surface area (Å²) in [7, 11) is 3.47. The molecule has 7 unspecified atom stereocenters. The number of allylic oxidation sites excluding steroid dienone is 2. The highest BCUT2D eigenvalue weighted by atomic mass is 16.5. The lowest BCUT2D eigenvalue weighted by Gasteiger charge is -2.45. The maximum absolute atomic E-state index is 11.4. The molecule has 2 aliphatic carbocycles. The number of phenols is 3. The maximum atomic E-state index is 11.4. The Bertz CT molecular complexity index is 1450. The number of rotatable bonds is 9. The van der Waals surface area contributed by atoms with Crippen LogP contribution in [0.4, 0.5) is 0 Å². The molecule has 236 valence electrons. The van der Waals surface area contributed by atoms with Gasteiger partial charge in [0.25, 0.3) is 0 Å². The number of benzene rings is 2. The molecule has 6 rings (SSSR count). The van der Waals surface area contributed by atoms with Gasteiger partial charge in [0.1, 0.15) is 5.75 Å². The van der Waals surface area contributed by atoms with Gasteiger partial charge in [0, 0.05) is 48.2 Å². The molecule has 1 aliphatic heterocycles. The number of nitrogens with one attached hydrogen (secondary N) is 2. The average Bonchev–Trinajstić information content (AvgIpc) is 3.55. The van der Waals surface area contributed by atoms with Gasteiger partial charge in [-0.1, -0.05) is 24.3 Å². The molecule has 3 aromatic rings. The van der Waals surface area contributed by atoms with Gasteiger partial charge in [-0.2, -0.15) is 0 Å². The number of aliphatic hydroxyl groups is 1. The minimum absolute atomic E-state index is 0.0361. The number of aromatic nitrogens is 1. The smallest absolute Gasteiger partial charge is 0.200 e. The van der Waals surface area contributed by atoms with Crippen molar-refractivity contribution in [3.05, 3.63) is 82.7 Å². The van der Waals surface area contributed by atoms with Gasteiger partial charge in [-0.3, -0.25) is 0 Å². The Balaban J connectivity index is 1.24. The van der Waals surface area contributed by atoms with E-state index in [4.69, 9.17) is 9.47 Å². The van der Waals surface area contributed by atoms with Crippen LogP contribution < -0.4 is 10.1 Å². The van der Waals surface area contributed by atoms with Crippen LogP contribution in [0.1, 0.15) is 90.7 Å². The van der Waals surface area contributed by atoms with Gasteiger partial charge in [-0.25, -0.2) is 0 Å². The predicted octanol–water partition coefficient (Wildman–Crippen LogP) is 6.17. The highest BCUT2D eigenvalue weighted by molar-refractivity contribution is 5.59. The molecule has 0 radical (unpaired) electrons. The molecule has 1 saturated heterocycles. The number of aromatic amines is 1. The van der Waals surface area contributed by atoms with E-state index in [-0.39, 0.29) is 41.1 Å². The molecule has 0 amide bonds. The monoisotopic (exact) mass is 602 g/mol. The van der Waals surface area contributed by atoms with Gasteiger partial charge in [-0.05, 0) is 98.8 Å². The molecule has 2 heterocycles. The van der Waals surface area contributed by atoms with Gasteiger partial charge in [0.05, 0.1) is 25.4 Å². The Morgan fingerprint density at radius 1 is 1.02 bits per heavy atom. The number of aliphatic hydroxyl groups excluding tert-OH is 1. The number of ether oxygens (including phenoxy) is 2. The van der Waals surface area contributed by atoms with Crippen molar-refractivity contribution in [1.82, 2.24) is 10.3 Å². The van der Waals surface area contributed by atoms with Gasteiger partial charge >= 0.3 is 0 Å². The highest BCUT2D eigenvalue weighted by Gasteiger charge is 2.43. The number of H-pyrrole nitrogens is 1. The van der Waals surface area contributed by atoms with E-state index >= 15 is 0 Å². The zero-order valence-electron chi connectivity index (χ0n) is 25.7. The van der Waals surface area contributed by atoms with E-state index in [2.05, 4.69) is 28.5 Å². The predicted molar refractivity (Wildman–Crippen MR) is 169 cm³/mol. The topological polar surface area (TPSA) is 127 Å². The van der Waals surface area contributed by atoms with Crippen molar-refractivity contribution in [3.63, 3.8) is 0 Å². The average molecular weight is 603 g/mol. The molecule has 3 aliphatic rings. The lowest BCUT2D eigenvalue weighted by atomic mass is 9.71. The zero-order chi connectivity index (χ0) is 30.8. The third-order valence-corrected chi connectivity index (χ3v) is 10.2. The van der Waals surface area contributed by atoms with E-state index in [1.807, 2.05) is 37.6 Å². The van der Waals surface area contributed by atoms with Crippen molar-refractivity contribution in [2.75, 3.05) is 20.7 Å². The number of fused-ring (bicyclic) bond motifs is 1. The van der Waals surface area contributed by atoms with Crippen molar-refractivity contribution in [1.29, 1.82) is 0 Å². The van der Waals surface area contributed by atoms with Crippen molar-refractivity contribution >= 4 is 0 Å². The summed E-state index contributed by atoms with van der Waals surface area (Å²) >= 11 is 0. The summed E-state index contributed by atoms with van der Waals surface area (Å²) in [6.07, 6.45) is 13.8. The minimum atomic E-state index is -0.543. The first-order valence-corrected chi connectivity index (χ1v) is 16.1. The Morgan fingerprint density at radius 2 is 1.89 bits per heavy atom. The Labute approximate surface area is 259 Å². The first-order chi connectivity index (χ1) is 21.4. The summed E-state index contributed by atoms with van der Waals surface area (Å²) in [6.45, 7) is 0.999. The quantitative estimate of drug-likeness (QED) is 0.128. The molecule has 0 bridgehead atoms. The molecular weight excluding hydrogens is 556 g/mol. The number of aromatic hydroxyl groups is 3. The largest absolute Gasteiger partial charge is 0.508 e. The number of hydrogen-bond donors (Lipinski definition) is 6. The first kappa shape index (κ1) is 30.6. The lowest BCUT2D eigenvalue weighted by Crippen LogP contribution is -2.44. The summed E-state index contributed by atoms with van der Waals surface area (Å²) in [6, 6.07) is 9.61. The van der Waals surface area contributed by atoms with E-state index in [0.717, 1.165) is 67.3 Å². The van der Waals surface area contributed by atoms with Crippen molar-refractivity contribution in [3.8, 4) is 23.0 Å². The van der Waals surface area contributed by atoms with Crippen molar-refractivity contribution in [2.45, 2.75) is 81.5 Å². The summed E-state index contributed by atoms with van der Waals surface area (Å²) in [4.78, 5) is 3.07. The van der Waals surface area contributed by atoms with Crippen molar-refractivity contribution in [2.24, 2.45) is 11.8 Å². The van der Waals surface area contributed by atoms with Crippen LogP contribution in [-0.4, -0.2) is 58.3 Å². The van der Waals surface area contributed by atoms with E-state index in [1.165, 1.54) is 12.7 Å². The Morgan fingerprint density at radius 3 is 2.66 bits per heavy atom. The number of hydrogen-bond acceptors (Lipinski definition) is 7. The van der Waals surface area contributed by atoms with Gasteiger partial charge in [-0.15, -0.1) is 0 Å². The van der Waals surface area contributed by atoms with Crippen molar-refractivity contribution < 1.29 is 29.9 Å². The fourth-order valence-electron chi connectivity index (χ4n) is 7.88. The summed E-state index contributed by atoms with van der Waals surface area (Å²) in [5.74, 6) is 1.11. The molecule has 6 N–H and O–H groups in total. The highest BCUT2D eigenvalue weighted by Crippen LogP contribution is 2.50. The molecule has 2 fully saturated rings. The van der Waals surface area contributed by atoms with Crippen LogP contribution in [-0.2, 0) is 11.2 Å². The molecular formula is C36H46N2O6. The van der Waals surface area contributed by atoms with Gasteiger partial charge in [0.2, 0.25) is 5.75 Å². The second kappa shape index (κ2) is 13.3. The molecule has 0 spiro atoms. The van der Waals surface area contributed by atoms with Gasteiger partial charge < -0.3 is 40.2 Å². The van der Waals surface area contributed by atoms with Crippen LogP contribution in [0.5, 0.6) is 23.0 Å². The van der Waals surface area contributed by atoms with E-state index < -0.39 is 12.2 Å². The fourth-order valence-corrected chi connectivity index (χ4v) is 7.88. The molecule has 44 heavy (non-hydrogen) atoms. The van der Waals surface area contributed by atoms with Crippen LogP contribution >= 0.6 is 0 Å². The van der Waals surface area contributed by atoms with Crippen LogP contribution in [0.3, 0.4) is 0 Å². The number of methoxy groups -OCH3 is 1. The summed E-state index contributed by atoms with van der Waals surface area (Å²) in [5.41, 5.74) is 4.67. The molecule has 1 saturated carbocycles. The summed E-state index contributed by atoms with van der Waals surface area (Å²) in [5, 5.41) is 46.7. The first-order valence-electron chi connectivity index (χ1n) is 16.1. The van der Waals surface area contributed by atoms with Crippen LogP contribution in [0.2, 0.25) is 0 Å². The van der Waals surface area contributed by atoms with E-state index in [1.54, 1.807) is 6.07 Å². The molecule has 8 heteroatoms.